The van der Waals surface area contributed by atoms with E-state index in [1.54, 1.807) is 12.1 Å². The molecule has 0 aliphatic carbocycles. The summed E-state index contributed by atoms with van der Waals surface area (Å²) in [5, 5.41) is 7.43. The predicted molar refractivity (Wildman–Crippen MR) is 65.4 cm³/mol. The number of ether oxygens (including phenoxy) is 1. The molecule has 0 aromatic heterocycles. The number of nitrogens with one attached hydrogen (secondary N) is 1. The Kier molecular flexibility index (Phi) is 4.89. The fourth-order valence-corrected chi connectivity index (χ4v) is 2.17. The van der Waals surface area contributed by atoms with Gasteiger partial charge in [0.1, 0.15) is 11.6 Å². The highest BCUT2D eigenvalue weighted by Gasteiger charge is 2.29. The number of nitrogens with two attached hydrogens (primary N) is 1. The Morgan fingerprint density at radius 3 is 2.61 bits per heavy atom. The van der Waals surface area contributed by atoms with Gasteiger partial charge in [-0.1, -0.05) is 13.0 Å². The van der Waals surface area contributed by atoms with Crippen LogP contribution >= 0.6 is 11.8 Å². The lowest BCUT2D eigenvalue weighted by atomic mass is 10.2. The van der Waals surface area contributed by atoms with Crippen LogP contribution in [-0.2, 0) is 0 Å². The summed E-state index contributed by atoms with van der Waals surface area (Å²) in [5.41, 5.74) is 5.61. The van der Waals surface area contributed by atoms with Crippen LogP contribution in [0.5, 0.6) is 5.75 Å². The highest BCUT2D eigenvalue weighted by molar-refractivity contribution is 7.99. The molecule has 0 radical (unpaired) electrons. The first kappa shape index (κ1) is 14.7. The summed E-state index contributed by atoms with van der Waals surface area (Å²) >= 11 is 1.40. The van der Waals surface area contributed by atoms with E-state index in [0.29, 0.717) is 4.90 Å². The quantitative estimate of drug-likeness (QED) is 0.494. The standard InChI is InChI=1S/C11H13F3N2OS/c1-2-18-8-5-3-4-7(9(8)10(15)16)17-6-11(12,13)14/h3-5H,2,6H2,1H3,(H3,15,16). The van der Waals surface area contributed by atoms with E-state index in [1.165, 1.54) is 17.8 Å². The molecular formula is C11H13F3N2OS. The Hall–Kier alpha value is -1.37. The van der Waals surface area contributed by atoms with Crippen molar-refractivity contribution in [3.05, 3.63) is 23.8 Å². The van der Waals surface area contributed by atoms with Gasteiger partial charge in [-0.25, -0.2) is 0 Å². The molecule has 0 saturated carbocycles. The van der Waals surface area contributed by atoms with E-state index in [2.05, 4.69) is 0 Å². The van der Waals surface area contributed by atoms with Crippen LogP contribution in [0.1, 0.15) is 12.5 Å². The van der Waals surface area contributed by atoms with Gasteiger partial charge in [-0.2, -0.15) is 13.2 Å². The lowest BCUT2D eigenvalue weighted by Crippen LogP contribution is -2.21. The molecule has 0 unspecified atom stereocenters. The van der Waals surface area contributed by atoms with Crippen molar-refractivity contribution in [2.45, 2.75) is 18.0 Å². The number of rotatable bonds is 5. The highest BCUT2D eigenvalue weighted by atomic mass is 32.2. The van der Waals surface area contributed by atoms with Crippen LogP contribution in [0.3, 0.4) is 0 Å². The van der Waals surface area contributed by atoms with Crippen molar-refractivity contribution in [1.29, 1.82) is 5.41 Å². The van der Waals surface area contributed by atoms with Crippen molar-refractivity contribution in [2.75, 3.05) is 12.4 Å². The normalized spacial score (nSPS) is 11.3. The van der Waals surface area contributed by atoms with Gasteiger partial charge in [-0.3, -0.25) is 5.41 Å². The Balaban J connectivity index is 3.03. The van der Waals surface area contributed by atoms with Crippen molar-refractivity contribution in [2.24, 2.45) is 5.73 Å². The minimum atomic E-state index is -4.41. The second-order valence-corrected chi connectivity index (χ2v) is 4.69. The maximum atomic E-state index is 12.1. The van der Waals surface area contributed by atoms with Crippen molar-refractivity contribution >= 4 is 17.6 Å². The topological polar surface area (TPSA) is 59.1 Å². The molecular weight excluding hydrogens is 265 g/mol. The van der Waals surface area contributed by atoms with Crippen molar-refractivity contribution in [3.63, 3.8) is 0 Å². The number of alkyl halides is 3. The number of amidine groups is 1. The number of thioether (sulfide) groups is 1. The van der Waals surface area contributed by atoms with Crippen LogP contribution in [0, 0.1) is 5.41 Å². The van der Waals surface area contributed by atoms with Gasteiger partial charge in [0.2, 0.25) is 0 Å². The summed E-state index contributed by atoms with van der Waals surface area (Å²) in [7, 11) is 0. The first-order chi connectivity index (χ1) is 8.35. The van der Waals surface area contributed by atoms with E-state index in [0.717, 1.165) is 5.75 Å². The Bertz CT molecular complexity index is 435. The maximum Gasteiger partial charge on any atom is 0.422 e. The van der Waals surface area contributed by atoms with Crippen molar-refractivity contribution < 1.29 is 17.9 Å². The van der Waals surface area contributed by atoms with Crippen LogP contribution < -0.4 is 10.5 Å². The molecule has 0 aliphatic rings. The number of benzene rings is 1. The van der Waals surface area contributed by atoms with Crippen LogP contribution in [0.4, 0.5) is 13.2 Å². The van der Waals surface area contributed by atoms with E-state index >= 15 is 0 Å². The molecule has 1 aromatic carbocycles. The molecule has 0 heterocycles. The number of hydrogen-bond acceptors (Lipinski definition) is 3. The van der Waals surface area contributed by atoms with Gasteiger partial charge in [0, 0.05) is 4.90 Å². The van der Waals surface area contributed by atoms with Crippen LogP contribution in [-0.4, -0.2) is 24.4 Å². The van der Waals surface area contributed by atoms with Gasteiger partial charge >= 0.3 is 6.18 Å². The summed E-state index contributed by atoms with van der Waals surface area (Å²) in [6, 6.07) is 4.66. The zero-order chi connectivity index (χ0) is 13.8. The SMILES string of the molecule is CCSc1cccc(OCC(F)(F)F)c1C(=N)N. The third-order valence-corrected chi connectivity index (χ3v) is 2.89. The second-order valence-electron chi connectivity index (χ2n) is 3.38. The largest absolute Gasteiger partial charge is 0.483 e. The van der Waals surface area contributed by atoms with Crippen molar-refractivity contribution in [1.82, 2.24) is 0 Å². The predicted octanol–water partition coefficient (Wildman–Crippen LogP) is 3.02. The molecule has 0 bridgehead atoms. The van der Waals surface area contributed by atoms with Gasteiger partial charge in [-0.15, -0.1) is 11.8 Å². The number of nitrogen functional groups attached to an aromatic ring is 1. The molecule has 0 saturated heterocycles. The molecule has 3 N–H and O–H groups in total. The van der Waals surface area contributed by atoms with Crippen LogP contribution in [0.2, 0.25) is 0 Å². The van der Waals surface area contributed by atoms with Crippen LogP contribution in [0.25, 0.3) is 0 Å². The van der Waals surface area contributed by atoms with Crippen LogP contribution in [0.15, 0.2) is 23.1 Å². The second kappa shape index (κ2) is 5.99. The molecule has 7 heteroatoms. The fraction of sp³-hybridized carbons (Fsp3) is 0.364. The molecule has 0 aliphatic heterocycles. The Morgan fingerprint density at radius 2 is 2.11 bits per heavy atom. The molecule has 1 aromatic rings. The first-order valence-corrected chi connectivity index (χ1v) is 6.13. The van der Waals surface area contributed by atoms with Gasteiger partial charge in [0.05, 0.1) is 5.56 Å². The van der Waals surface area contributed by atoms with Gasteiger partial charge in [-0.05, 0) is 17.9 Å². The molecule has 1 rings (SSSR count). The van der Waals surface area contributed by atoms with E-state index in [9.17, 15) is 13.2 Å². The lowest BCUT2D eigenvalue weighted by molar-refractivity contribution is -0.153. The van der Waals surface area contributed by atoms with E-state index in [1.807, 2.05) is 6.92 Å². The lowest BCUT2D eigenvalue weighted by Gasteiger charge is -2.15. The number of hydrogen-bond donors (Lipinski definition) is 2. The summed E-state index contributed by atoms with van der Waals surface area (Å²) in [6.45, 7) is 0.505. The van der Waals surface area contributed by atoms with Crippen molar-refractivity contribution in [3.8, 4) is 5.75 Å². The third-order valence-electron chi connectivity index (χ3n) is 1.95. The third kappa shape index (κ3) is 4.14. The summed E-state index contributed by atoms with van der Waals surface area (Å²) < 4.78 is 41.0. The average molecular weight is 278 g/mol. The summed E-state index contributed by atoms with van der Waals surface area (Å²) in [5.74, 6) is 0.408. The number of halogens is 3. The molecule has 100 valence electrons. The van der Waals surface area contributed by atoms with E-state index < -0.39 is 12.8 Å². The van der Waals surface area contributed by atoms with Gasteiger partial charge in [0.15, 0.2) is 6.61 Å². The average Bonchev–Trinajstić information content (AvgIpc) is 2.25. The maximum absolute atomic E-state index is 12.1. The highest BCUT2D eigenvalue weighted by Crippen LogP contribution is 2.30. The molecule has 3 nitrogen and oxygen atoms in total. The monoisotopic (exact) mass is 278 g/mol. The Morgan fingerprint density at radius 1 is 1.44 bits per heavy atom. The van der Waals surface area contributed by atoms with Gasteiger partial charge in [0.25, 0.3) is 0 Å². The zero-order valence-electron chi connectivity index (χ0n) is 9.67. The summed E-state index contributed by atoms with van der Waals surface area (Å²) in [4.78, 5) is 0.643. The Labute approximate surface area is 107 Å². The zero-order valence-corrected chi connectivity index (χ0v) is 10.5. The summed E-state index contributed by atoms with van der Waals surface area (Å²) in [6.07, 6.45) is -4.41. The minimum Gasteiger partial charge on any atom is -0.483 e. The molecule has 18 heavy (non-hydrogen) atoms. The minimum absolute atomic E-state index is 0.0155. The fourth-order valence-electron chi connectivity index (χ4n) is 1.33. The molecule has 0 amide bonds. The van der Waals surface area contributed by atoms with E-state index in [4.69, 9.17) is 15.9 Å². The molecule has 0 atom stereocenters. The van der Waals surface area contributed by atoms with E-state index in [-0.39, 0.29) is 17.1 Å². The smallest absolute Gasteiger partial charge is 0.422 e. The first-order valence-electron chi connectivity index (χ1n) is 5.15. The molecule has 0 fully saturated rings. The molecule has 0 spiro atoms. The van der Waals surface area contributed by atoms with Gasteiger partial charge < -0.3 is 10.5 Å².